The number of rotatable bonds is 5. The van der Waals surface area contributed by atoms with Gasteiger partial charge < -0.3 is 14.5 Å². The molecule has 2 fully saturated rings. The fourth-order valence-electron chi connectivity index (χ4n) is 5.09. The molecule has 2 aliphatic rings. The first-order valence-electron chi connectivity index (χ1n) is 11.3. The van der Waals surface area contributed by atoms with Gasteiger partial charge in [0.25, 0.3) is 5.91 Å². The minimum Gasteiger partial charge on any atom is -0.381 e. The van der Waals surface area contributed by atoms with E-state index in [2.05, 4.69) is 0 Å². The van der Waals surface area contributed by atoms with Crippen LogP contribution in [0.1, 0.15) is 34.8 Å². The van der Waals surface area contributed by atoms with Crippen molar-refractivity contribution in [1.29, 1.82) is 5.26 Å². The zero-order valence-electron chi connectivity index (χ0n) is 19.0. The number of amides is 1. The van der Waals surface area contributed by atoms with Gasteiger partial charge in [-0.25, -0.2) is 8.78 Å². The van der Waals surface area contributed by atoms with Crippen LogP contribution in [0.2, 0.25) is 0 Å². The maximum atomic E-state index is 13.7. The lowest BCUT2D eigenvalue weighted by molar-refractivity contribution is -0.137. The molecule has 0 saturated carbocycles. The summed E-state index contributed by atoms with van der Waals surface area (Å²) in [6.07, 6.45) is -4.09. The highest BCUT2D eigenvalue weighted by Crippen LogP contribution is 2.45. The molecule has 0 radical (unpaired) electrons. The van der Waals surface area contributed by atoms with Gasteiger partial charge in [-0.3, -0.25) is 4.79 Å². The van der Waals surface area contributed by atoms with Gasteiger partial charge in [-0.15, -0.1) is 0 Å². The van der Waals surface area contributed by atoms with E-state index in [-0.39, 0.29) is 11.5 Å². The van der Waals surface area contributed by atoms with E-state index in [1.807, 2.05) is 11.8 Å². The Hall–Kier alpha value is -3.19. The lowest BCUT2D eigenvalue weighted by atomic mass is 9.73. The van der Waals surface area contributed by atoms with Crippen LogP contribution >= 0.6 is 0 Å². The van der Waals surface area contributed by atoms with Crippen molar-refractivity contribution in [3.63, 3.8) is 0 Å². The summed E-state index contributed by atoms with van der Waals surface area (Å²) in [4.78, 5) is 16.5. The summed E-state index contributed by atoms with van der Waals surface area (Å²) >= 11 is 0. The molecule has 0 N–H and O–H groups in total. The van der Waals surface area contributed by atoms with Crippen LogP contribution in [0.15, 0.2) is 36.4 Å². The van der Waals surface area contributed by atoms with Crippen molar-refractivity contribution < 1.29 is 31.5 Å². The third kappa shape index (κ3) is 4.82. The fourth-order valence-corrected chi connectivity index (χ4v) is 5.09. The van der Waals surface area contributed by atoms with Crippen molar-refractivity contribution in [2.45, 2.75) is 19.5 Å². The Balaban J connectivity index is 1.59. The van der Waals surface area contributed by atoms with E-state index in [9.17, 15) is 26.7 Å². The first kappa shape index (κ1) is 24.9. The molecule has 4 rings (SSSR count). The number of nitriles is 1. The number of benzene rings is 2. The van der Waals surface area contributed by atoms with E-state index in [0.29, 0.717) is 51.5 Å². The van der Waals surface area contributed by atoms with Crippen LogP contribution in [-0.2, 0) is 10.9 Å². The summed E-state index contributed by atoms with van der Waals surface area (Å²) in [7, 11) is 0. The van der Waals surface area contributed by atoms with Crippen molar-refractivity contribution in [3.05, 3.63) is 64.7 Å². The van der Waals surface area contributed by atoms with Crippen LogP contribution in [-0.4, -0.2) is 50.2 Å². The summed E-state index contributed by atoms with van der Waals surface area (Å²) in [5, 5.41) is 9.07. The molecule has 2 saturated heterocycles. The number of hydrogen-bond acceptors (Lipinski definition) is 4. The molecule has 10 heteroatoms. The molecule has 5 nitrogen and oxygen atoms in total. The van der Waals surface area contributed by atoms with Gasteiger partial charge in [-0.05, 0) is 49.7 Å². The third-order valence-electron chi connectivity index (χ3n) is 6.97. The molecule has 0 spiro atoms. The van der Waals surface area contributed by atoms with Crippen LogP contribution < -0.4 is 4.90 Å². The summed E-state index contributed by atoms with van der Waals surface area (Å²) in [6, 6.07) is 8.28. The van der Waals surface area contributed by atoms with E-state index >= 15 is 0 Å². The number of likely N-dealkylation sites (tertiary alicyclic amines) is 1. The van der Waals surface area contributed by atoms with Crippen molar-refractivity contribution >= 4 is 11.6 Å². The Bertz CT molecular complexity index is 1160. The van der Waals surface area contributed by atoms with E-state index < -0.39 is 40.3 Å². The Morgan fingerprint density at radius 1 is 1.17 bits per heavy atom. The quantitative estimate of drug-likeness (QED) is 0.559. The molecule has 0 aliphatic carbocycles. The summed E-state index contributed by atoms with van der Waals surface area (Å²) < 4.78 is 73.2. The molecule has 2 aromatic rings. The molecule has 35 heavy (non-hydrogen) atoms. The number of carbonyl (C=O) groups is 1. The average molecular weight is 493 g/mol. The standard InChI is InChI=1S/C25H24F5N3O2/c1-2-35-15-24-7-8-32(19-5-3-17(11-31)20(10-19)25(28,29)30)12-18(24)13-33(14-24)23(34)16-4-6-21(26)22(27)9-16/h3-6,9-10,18H,2,7-8,12-15H2,1H3/t18-,24+/m1/s1. The highest BCUT2D eigenvalue weighted by molar-refractivity contribution is 5.94. The molecule has 2 atom stereocenters. The van der Waals surface area contributed by atoms with Gasteiger partial charge in [-0.1, -0.05) is 0 Å². The average Bonchev–Trinajstić information content (AvgIpc) is 3.22. The van der Waals surface area contributed by atoms with E-state index in [0.717, 1.165) is 18.2 Å². The number of alkyl halides is 3. The predicted molar refractivity (Wildman–Crippen MR) is 118 cm³/mol. The second-order valence-corrected chi connectivity index (χ2v) is 9.05. The minimum atomic E-state index is -4.66. The zero-order chi connectivity index (χ0) is 25.4. The van der Waals surface area contributed by atoms with E-state index in [4.69, 9.17) is 10.00 Å². The van der Waals surface area contributed by atoms with Crippen LogP contribution in [0.5, 0.6) is 0 Å². The maximum absolute atomic E-state index is 13.7. The molecule has 2 aliphatic heterocycles. The normalized spacial score (nSPS) is 22.1. The summed E-state index contributed by atoms with van der Waals surface area (Å²) in [5.41, 5.74) is -1.43. The first-order chi connectivity index (χ1) is 16.6. The number of hydrogen-bond donors (Lipinski definition) is 0. The summed E-state index contributed by atoms with van der Waals surface area (Å²) in [5.74, 6) is -2.69. The Morgan fingerprint density at radius 2 is 1.94 bits per heavy atom. The van der Waals surface area contributed by atoms with Crippen LogP contribution in [0.25, 0.3) is 0 Å². The highest BCUT2D eigenvalue weighted by atomic mass is 19.4. The molecular weight excluding hydrogens is 469 g/mol. The monoisotopic (exact) mass is 493 g/mol. The molecular formula is C25H24F5N3O2. The second-order valence-electron chi connectivity index (χ2n) is 9.05. The number of anilines is 1. The molecule has 0 aromatic heterocycles. The smallest absolute Gasteiger partial charge is 0.381 e. The topological polar surface area (TPSA) is 56.6 Å². The van der Waals surface area contributed by atoms with Gasteiger partial charge in [-0.2, -0.15) is 18.4 Å². The predicted octanol–water partition coefficient (Wildman–Crippen LogP) is 4.86. The van der Waals surface area contributed by atoms with E-state index in [1.54, 1.807) is 11.0 Å². The number of nitrogens with zero attached hydrogens (tertiary/aromatic N) is 3. The largest absolute Gasteiger partial charge is 0.417 e. The van der Waals surface area contributed by atoms with Gasteiger partial charge in [0, 0.05) is 55.4 Å². The maximum Gasteiger partial charge on any atom is 0.417 e. The molecule has 0 unspecified atom stereocenters. The molecule has 186 valence electrons. The molecule has 2 aromatic carbocycles. The van der Waals surface area contributed by atoms with Gasteiger partial charge >= 0.3 is 6.18 Å². The van der Waals surface area contributed by atoms with Crippen molar-refractivity contribution in [1.82, 2.24) is 4.90 Å². The van der Waals surface area contributed by atoms with Crippen molar-refractivity contribution in [3.8, 4) is 6.07 Å². The number of piperidine rings is 1. The van der Waals surface area contributed by atoms with Gasteiger partial charge in [0.1, 0.15) is 0 Å². The molecule has 1 amide bonds. The number of halogens is 5. The minimum absolute atomic E-state index is 0.0351. The number of ether oxygens (including phenoxy) is 1. The Labute approximate surface area is 199 Å². The summed E-state index contributed by atoms with van der Waals surface area (Å²) in [6.45, 7) is 4.20. The zero-order valence-corrected chi connectivity index (χ0v) is 19.0. The molecule has 0 bridgehead atoms. The highest BCUT2D eigenvalue weighted by Gasteiger charge is 2.51. The number of fused-ring (bicyclic) bond motifs is 1. The van der Waals surface area contributed by atoms with Gasteiger partial charge in [0.15, 0.2) is 11.6 Å². The van der Waals surface area contributed by atoms with Crippen molar-refractivity contribution in [2.75, 3.05) is 44.3 Å². The second kappa shape index (κ2) is 9.46. The Morgan fingerprint density at radius 3 is 2.60 bits per heavy atom. The van der Waals surface area contributed by atoms with Crippen LogP contribution in [0.4, 0.5) is 27.6 Å². The fraction of sp³-hybridized carbons (Fsp3) is 0.440. The lowest BCUT2D eigenvalue weighted by Crippen LogP contribution is -2.49. The third-order valence-corrected chi connectivity index (χ3v) is 6.97. The molecule has 2 heterocycles. The van der Waals surface area contributed by atoms with Crippen molar-refractivity contribution in [2.24, 2.45) is 11.3 Å². The lowest BCUT2D eigenvalue weighted by Gasteiger charge is -2.44. The van der Waals surface area contributed by atoms with Gasteiger partial charge in [0.05, 0.1) is 23.8 Å². The van der Waals surface area contributed by atoms with Gasteiger partial charge in [0.2, 0.25) is 0 Å². The first-order valence-corrected chi connectivity index (χ1v) is 11.3. The van der Waals surface area contributed by atoms with Crippen LogP contribution in [0.3, 0.4) is 0 Å². The van der Waals surface area contributed by atoms with Crippen LogP contribution in [0, 0.1) is 34.3 Å². The SMILES string of the molecule is CCOC[C@@]12CCN(c3ccc(C#N)c(C(F)(F)F)c3)C[C@@H]1CN(C(=O)c1ccc(F)c(F)c1)C2. The number of carbonyl (C=O) groups excluding carboxylic acids is 1. The Kier molecular flexibility index (Phi) is 6.73. The van der Waals surface area contributed by atoms with E-state index in [1.165, 1.54) is 18.2 Å².